The highest BCUT2D eigenvalue weighted by Gasteiger charge is 2.21. The van der Waals surface area contributed by atoms with Gasteiger partial charge in [0.25, 0.3) is 0 Å². The van der Waals surface area contributed by atoms with Crippen LogP contribution < -0.4 is 5.32 Å². The predicted octanol–water partition coefficient (Wildman–Crippen LogP) is 2.46. The molecule has 1 aromatic carbocycles. The van der Waals surface area contributed by atoms with Gasteiger partial charge in [0.2, 0.25) is 0 Å². The third kappa shape index (κ3) is 4.87. The van der Waals surface area contributed by atoms with E-state index in [1.54, 1.807) is 12.1 Å². The molecular weight excluding hydrogens is 299 g/mol. The highest BCUT2D eigenvalue weighted by Crippen LogP contribution is 2.30. The number of phenolic OH excluding ortho intramolecular Hbond substituents is 2. The fourth-order valence-corrected chi connectivity index (χ4v) is 2.46. The number of piperazine rings is 1. The van der Waals surface area contributed by atoms with Crippen molar-refractivity contribution in [3.05, 3.63) is 36.4 Å². The summed E-state index contributed by atoms with van der Waals surface area (Å²) in [5.41, 5.74) is 0.939. The molecule has 0 aliphatic carbocycles. The highest BCUT2D eigenvalue weighted by atomic mass is 35.5. The lowest BCUT2D eigenvalue weighted by molar-refractivity contribution is 0.174. The topological polar surface area (TPSA) is 55.7 Å². The van der Waals surface area contributed by atoms with Gasteiger partial charge in [0, 0.05) is 38.3 Å². The van der Waals surface area contributed by atoms with E-state index in [0.717, 1.165) is 38.2 Å². The fraction of sp³-hybridized carbons (Fsp3) is 0.429. The molecule has 20 heavy (non-hydrogen) atoms. The number of halogens is 2. The Balaban J connectivity index is 0.00000180. The van der Waals surface area contributed by atoms with E-state index in [2.05, 4.69) is 16.8 Å². The van der Waals surface area contributed by atoms with E-state index in [9.17, 15) is 10.2 Å². The van der Waals surface area contributed by atoms with Crippen LogP contribution in [-0.2, 0) is 0 Å². The summed E-state index contributed by atoms with van der Waals surface area (Å²) in [5, 5.41) is 22.5. The van der Waals surface area contributed by atoms with E-state index in [1.165, 1.54) is 6.07 Å². The van der Waals surface area contributed by atoms with Crippen LogP contribution in [0.1, 0.15) is 18.0 Å². The highest BCUT2D eigenvalue weighted by molar-refractivity contribution is 5.85. The van der Waals surface area contributed by atoms with Crippen molar-refractivity contribution in [2.45, 2.75) is 12.5 Å². The maximum absolute atomic E-state index is 9.59. The minimum atomic E-state index is 0. The first-order valence-corrected chi connectivity index (χ1v) is 6.29. The van der Waals surface area contributed by atoms with Gasteiger partial charge in [0.15, 0.2) is 0 Å². The standard InChI is InChI=1S/C14H20N2O2.2ClH/c1-2-3-14(16-6-4-15-5-7-16)11-8-12(17)10-13(18)9-11;;/h2,8-10,14-15,17-18H,1,3-7H2;2*1H/t14-;;/m1../s1. The van der Waals surface area contributed by atoms with Crippen molar-refractivity contribution in [1.82, 2.24) is 10.2 Å². The van der Waals surface area contributed by atoms with Crippen LogP contribution in [-0.4, -0.2) is 41.3 Å². The first-order valence-electron chi connectivity index (χ1n) is 6.29. The summed E-state index contributed by atoms with van der Waals surface area (Å²) in [6.45, 7) is 7.67. The lowest BCUT2D eigenvalue weighted by Crippen LogP contribution is -2.45. The summed E-state index contributed by atoms with van der Waals surface area (Å²) in [5.74, 6) is 0.211. The van der Waals surface area contributed by atoms with Crippen molar-refractivity contribution in [2.24, 2.45) is 0 Å². The van der Waals surface area contributed by atoms with Gasteiger partial charge in [0.1, 0.15) is 11.5 Å². The van der Waals surface area contributed by atoms with Crippen molar-refractivity contribution in [1.29, 1.82) is 0 Å². The van der Waals surface area contributed by atoms with Crippen LogP contribution in [0.3, 0.4) is 0 Å². The molecule has 0 radical (unpaired) electrons. The molecule has 1 saturated heterocycles. The first kappa shape index (κ1) is 19.1. The molecule has 0 amide bonds. The Morgan fingerprint density at radius 2 is 1.70 bits per heavy atom. The molecule has 4 nitrogen and oxygen atoms in total. The summed E-state index contributed by atoms with van der Waals surface area (Å²) >= 11 is 0. The van der Waals surface area contributed by atoms with Gasteiger partial charge in [-0.05, 0) is 24.1 Å². The molecule has 0 unspecified atom stereocenters. The largest absolute Gasteiger partial charge is 0.508 e. The number of phenols is 2. The van der Waals surface area contributed by atoms with Crippen LogP contribution in [0.5, 0.6) is 11.5 Å². The molecule has 1 aromatic rings. The maximum atomic E-state index is 9.59. The zero-order valence-corrected chi connectivity index (χ0v) is 12.9. The third-order valence-electron chi connectivity index (χ3n) is 3.29. The zero-order chi connectivity index (χ0) is 13.0. The average Bonchev–Trinajstić information content (AvgIpc) is 2.36. The number of benzene rings is 1. The number of hydrogen-bond acceptors (Lipinski definition) is 4. The van der Waals surface area contributed by atoms with E-state index < -0.39 is 0 Å². The van der Waals surface area contributed by atoms with Crippen LogP contribution in [0.2, 0.25) is 0 Å². The Morgan fingerprint density at radius 3 is 2.20 bits per heavy atom. The summed E-state index contributed by atoms with van der Waals surface area (Å²) in [7, 11) is 0. The van der Waals surface area contributed by atoms with E-state index in [1.807, 2.05) is 6.08 Å². The normalized spacial score (nSPS) is 16.6. The van der Waals surface area contributed by atoms with Gasteiger partial charge in [-0.25, -0.2) is 0 Å². The molecular formula is C14H22Cl2N2O2. The SMILES string of the molecule is C=CC[C@H](c1cc(O)cc(O)c1)N1CCNCC1.Cl.Cl. The summed E-state index contributed by atoms with van der Waals surface area (Å²) in [6.07, 6.45) is 2.69. The smallest absolute Gasteiger partial charge is 0.119 e. The fourth-order valence-electron chi connectivity index (χ4n) is 2.46. The molecule has 1 atom stereocenters. The monoisotopic (exact) mass is 320 g/mol. The van der Waals surface area contributed by atoms with Crippen LogP contribution in [0.15, 0.2) is 30.9 Å². The molecule has 0 bridgehead atoms. The van der Waals surface area contributed by atoms with Gasteiger partial charge in [-0.1, -0.05) is 6.08 Å². The molecule has 2 rings (SSSR count). The molecule has 114 valence electrons. The quantitative estimate of drug-likeness (QED) is 0.746. The molecule has 1 heterocycles. The van der Waals surface area contributed by atoms with E-state index in [0.29, 0.717) is 0 Å². The molecule has 0 aromatic heterocycles. The molecule has 3 N–H and O–H groups in total. The van der Waals surface area contributed by atoms with E-state index >= 15 is 0 Å². The zero-order valence-electron chi connectivity index (χ0n) is 11.3. The second-order valence-corrected chi connectivity index (χ2v) is 4.61. The Labute approximate surface area is 132 Å². The van der Waals surface area contributed by atoms with Gasteiger partial charge in [-0.15, -0.1) is 31.4 Å². The molecule has 1 aliphatic heterocycles. The maximum Gasteiger partial charge on any atom is 0.119 e. The number of rotatable bonds is 4. The summed E-state index contributed by atoms with van der Waals surface area (Å²) < 4.78 is 0. The molecule has 0 saturated carbocycles. The van der Waals surface area contributed by atoms with E-state index in [-0.39, 0.29) is 42.4 Å². The Bertz CT molecular complexity index is 403. The van der Waals surface area contributed by atoms with Crippen molar-refractivity contribution in [3.63, 3.8) is 0 Å². The van der Waals surface area contributed by atoms with Gasteiger partial charge in [-0.3, -0.25) is 4.90 Å². The third-order valence-corrected chi connectivity index (χ3v) is 3.29. The van der Waals surface area contributed by atoms with Gasteiger partial charge in [0.05, 0.1) is 0 Å². The van der Waals surface area contributed by atoms with E-state index in [4.69, 9.17) is 0 Å². The first-order chi connectivity index (χ1) is 8.70. The number of aromatic hydroxyl groups is 2. The van der Waals surface area contributed by atoms with Crippen molar-refractivity contribution >= 4 is 24.8 Å². The Kier molecular flexibility index (Phi) is 8.65. The molecule has 1 fully saturated rings. The minimum absolute atomic E-state index is 0. The van der Waals surface area contributed by atoms with Crippen LogP contribution in [0.4, 0.5) is 0 Å². The summed E-state index contributed by atoms with van der Waals surface area (Å²) in [6, 6.07) is 4.96. The Hall–Kier alpha value is -0.940. The second kappa shape index (κ2) is 9.08. The molecule has 0 spiro atoms. The van der Waals surface area contributed by atoms with Crippen LogP contribution in [0, 0.1) is 0 Å². The van der Waals surface area contributed by atoms with Crippen molar-refractivity contribution in [2.75, 3.05) is 26.2 Å². The second-order valence-electron chi connectivity index (χ2n) is 4.61. The van der Waals surface area contributed by atoms with Crippen LogP contribution >= 0.6 is 24.8 Å². The number of hydrogen-bond donors (Lipinski definition) is 3. The lowest BCUT2D eigenvalue weighted by Gasteiger charge is -2.34. The average molecular weight is 321 g/mol. The summed E-state index contributed by atoms with van der Waals surface area (Å²) in [4.78, 5) is 2.35. The van der Waals surface area contributed by atoms with Gasteiger partial charge >= 0.3 is 0 Å². The van der Waals surface area contributed by atoms with Crippen molar-refractivity contribution in [3.8, 4) is 11.5 Å². The Morgan fingerprint density at radius 1 is 1.15 bits per heavy atom. The van der Waals surface area contributed by atoms with Crippen molar-refractivity contribution < 1.29 is 10.2 Å². The molecule has 6 heteroatoms. The number of nitrogens with zero attached hydrogens (tertiary/aromatic N) is 1. The minimum Gasteiger partial charge on any atom is -0.508 e. The molecule has 1 aliphatic rings. The predicted molar refractivity (Wildman–Crippen MR) is 86.3 cm³/mol. The van der Waals surface area contributed by atoms with Crippen LogP contribution in [0.25, 0.3) is 0 Å². The lowest BCUT2D eigenvalue weighted by atomic mass is 10.0. The number of nitrogens with one attached hydrogen (secondary N) is 1. The van der Waals surface area contributed by atoms with Gasteiger partial charge < -0.3 is 15.5 Å². The van der Waals surface area contributed by atoms with Gasteiger partial charge in [-0.2, -0.15) is 0 Å².